The number of amides is 1. The van der Waals surface area contributed by atoms with Crippen LogP contribution in [0.5, 0.6) is 0 Å². The van der Waals surface area contributed by atoms with E-state index in [0.29, 0.717) is 25.1 Å². The van der Waals surface area contributed by atoms with E-state index in [1.54, 1.807) is 11.0 Å². The van der Waals surface area contributed by atoms with Crippen molar-refractivity contribution in [2.24, 2.45) is 0 Å². The van der Waals surface area contributed by atoms with Crippen LogP contribution in [-0.2, 0) is 0 Å². The molecule has 0 radical (unpaired) electrons. The van der Waals surface area contributed by atoms with E-state index in [4.69, 9.17) is 0 Å². The van der Waals surface area contributed by atoms with E-state index >= 15 is 0 Å². The fourth-order valence-electron chi connectivity index (χ4n) is 1.86. The topological polar surface area (TPSA) is 40.5 Å². The monoisotopic (exact) mass is 361 g/mol. The van der Waals surface area contributed by atoms with Crippen LogP contribution >= 0.6 is 31.9 Å². The number of likely N-dealkylation sites (tertiary alicyclic amines) is 1. The molecule has 1 saturated heterocycles. The van der Waals surface area contributed by atoms with Gasteiger partial charge < -0.3 is 10.0 Å². The van der Waals surface area contributed by atoms with Crippen molar-refractivity contribution in [3.05, 3.63) is 32.7 Å². The number of β-amino-alcohol motifs (C(OH)–C–C–N with tert-alkyl or cyclic N) is 1. The highest BCUT2D eigenvalue weighted by Gasteiger charge is 2.42. The Balaban J connectivity index is 2.14. The van der Waals surface area contributed by atoms with Crippen molar-refractivity contribution < 1.29 is 9.90 Å². The predicted octanol–water partition coefficient (Wildman–Crippen LogP) is 2.81. The molecule has 1 aliphatic rings. The zero-order valence-electron chi connectivity index (χ0n) is 9.41. The van der Waals surface area contributed by atoms with Crippen LogP contribution in [-0.4, -0.2) is 34.6 Å². The van der Waals surface area contributed by atoms with Crippen molar-refractivity contribution >= 4 is 37.8 Å². The maximum atomic E-state index is 12.2. The summed E-state index contributed by atoms with van der Waals surface area (Å²) in [5.41, 5.74) is -0.0636. The van der Waals surface area contributed by atoms with Crippen LogP contribution < -0.4 is 0 Å². The lowest BCUT2D eigenvalue weighted by molar-refractivity contribution is -0.0826. The van der Waals surface area contributed by atoms with E-state index < -0.39 is 5.60 Å². The third-order valence-electron chi connectivity index (χ3n) is 3.07. The zero-order chi connectivity index (χ0) is 12.6. The van der Waals surface area contributed by atoms with Gasteiger partial charge in [-0.25, -0.2) is 0 Å². The van der Waals surface area contributed by atoms with Gasteiger partial charge in [0.25, 0.3) is 5.91 Å². The fraction of sp³-hybridized carbons (Fsp3) is 0.417. The molecule has 1 fully saturated rings. The van der Waals surface area contributed by atoms with E-state index in [0.717, 1.165) is 8.95 Å². The molecule has 1 amide bonds. The average molecular weight is 363 g/mol. The van der Waals surface area contributed by atoms with Crippen LogP contribution in [0.4, 0.5) is 0 Å². The normalized spacial score (nSPS) is 17.8. The van der Waals surface area contributed by atoms with Crippen LogP contribution in [0.25, 0.3) is 0 Å². The van der Waals surface area contributed by atoms with Gasteiger partial charge >= 0.3 is 0 Å². The van der Waals surface area contributed by atoms with Crippen LogP contribution in [0.2, 0.25) is 0 Å². The second kappa shape index (κ2) is 4.71. The van der Waals surface area contributed by atoms with Crippen LogP contribution in [0.1, 0.15) is 23.7 Å². The summed E-state index contributed by atoms with van der Waals surface area (Å²) in [6, 6.07) is 5.50. The molecule has 2 rings (SSSR count). The Hall–Kier alpha value is -0.390. The molecule has 0 unspecified atom stereocenters. The number of hydrogen-bond donors (Lipinski definition) is 1. The Morgan fingerprint density at radius 2 is 2.12 bits per heavy atom. The molecule has 92 valence electrons. The smallest absolute Gasteiger partial charge is 0.255 e. The first kappa shape index (κ1) is 13.1. The molecule has 5 heteroatoms. The summed E-state index contributed by atoms with van der Waals surface area (Å²) in [5, 5.41) is 9.89. The predicted molar refractivity (Wildman–Crippen MR) is 73.0 cm³/mol. The van der Waals surface area contributed by atoms with Gasteiger partial charge in [0, 0.05) is 8.95 Å². The first-order valence-electron chi connectivity index (χ1n) is 5.42. The molecule has 0 bridgehead atoms. The molecule has 0 spiro atoms. The van der Waals surface area contributed by atoms with Crippen LogP contribution in [0.15, 0.2) is 27.1 Å². The molecule has 1 aromatic rings. The average Bonchev–Trinajstić information content (AvgIpc) is 2.27. The molecule has 1 N–H and O–H groups in total. The Bertz CT molecular complexity index is 456. The second-order valence-corrected chi connectivity index (χ2v) is 6.13. The van der Waals surface area contributed by atoms with Crippen LogP contribution in [0.3, 0.4) is 0 Å². The first-order valence-corrected chi connectivity index (χ1v) is 7.00. The molecular weight excluding hydrogens is 350 g/mol. The van der Waals surface area contributed by atoms with Gasteiger partial charge in [-0.05, 0) is 40.5 Å². The number of aliphatic hydroxyl groups is 1. The summed E-state index contributed by atoms with van der Waals surface area (Å²) in [6.45, 7) is 2.76. The molecule has 0 aromatic heterocycles. The van der Waals surface area contributed by atoms with Gasteiger partial charge in [-0.2, -0.15) is 0 Å². The minimum atomic E-state index is -0.686. The molecule has 3 nitrogen and oxygen atoms in total. The van der Waals surface area contributed by atoms with Crippen LogP contribution in [0, 0.1) is 0 Å². The Morgan fingerprint density at radius 3 is 2.71 bits per heavy atom. The third kappa shape index (κ3) is 2.56. The van der Waals surface area contributed by atoms with Crippen molar-refractivity contribution in [2.75, 3.05) is 13.1 Å². The van der Waals surface area contributed by atoms with Crippen molar-refractivity contribution in [3.8, 4) is 0 Å². The summed E-state index contributed by atoms with van der Waals surface area (Å²) >= 11 is 6.72. The minimum Gasteiger partial charge on any atom is -0.386 e. The van der Waals surface area contributed by atoms with Gasteiger partial charge in [0.1, 0.15) is 0 Å². The summed E-state index contributed by atoms with van der Waals surface area (Å²) in [6.07, 6.45) is 0.677. The van der Waals surface area contributed by atoms with E-state index in [9.17, 15) is 9.90 Å². The highest BCUT2D eigenvalue weighted by Crippen LogP contribution is 2.29. The maximum absolute atomic E-state index is 12.2. The molecule has 1 heterocycles. The number of nitrogens with zero attached hydrogens (tertiary/aromatic N) is 1. The van der Waals surface area contributed by atoms with E-state index in [1.165, 1.54) is 0 Å². The number of benzene rings is 1. The van der Waals surface area contributed by atoms with E-state index in [2.05, 4.69) is 31.9 Å². The molecular formula is C12H13Br2NO2. The Labute approximate surface area is 117 Å². The number of rotatable bonds is 2. The highest BCUT2D eigenvalue weighted by molar-refractivity contribution is 9.11. The zero-order valence-corrected chi connectivity index (χ0v) is 12.6. The van der Waals surface area contributed by atoms with Gasteiger partial charge in [-0.15, -0.1) is 0 Å². The lowest BCUT2D eigenvalue weighted by Gasteiger charge is -2.46. The van der Waals surface area contributed by atoms with Crippen molar-refractivity contribution in [1.29, 1.82) is 0 Å². The summed E-state index contributed by atoms with van der Waals surface area (Å²) < 4.78 is 1.65. The minimum absolute atomic E-state index is 0.0451. The summed E-state index contributed by atoms with van der Waals surface area (Å²) in [7, 11) is 0. The number of halogens is 2. The number of carbonyl (C=O) groups excluding carboxylic acids is 1. The molecule has 0 atom stereocenters. The molecule has 17 heavy (non-hydrogen) atoms. The third-order valence-corrected chi connectivity index (χ3v) is 4.26. The largest absolute Gasteiger partial charge is 0.386 e. The first-order chi connectivity index (χ1) is 7.95. The molecule has 1 aromatic carbocycles. The highest BCUT2D eigenvalue weighted by atomic mass is 79.9. The maximum Gasteiger partial charge on any atom is 0.255 e. The van der Waals surface area contributed by atoms with Gasteiger partial charge in [-0.1, -0.05) is 22.9 Å². The SMILES string of the molecule is CCC1(O)CN(C(=O)c2cc(Br)ccc2Br)C1. The van der Waals surface area contributed by atoms with Crippen molar-refractivity contribution in [3.63, 3.8) is 0 Å². The number of carbonyl (C=O) groups is 1. The lowest BCUT2D eigenvalue weighted by atomic mass is 9.90. The molecule has 0 aliphatic carbocycles. The van der Waals surface area contributed by atoms with Gasteiger partial charge in [0.2, 0.25) is 0 Å². The Morgan fingerprint density at radius 1 is 1.47 bits per heavy atom. The molecule has 0 saturated carbocycles. The molecule has 1 aliphatic heterocycles. The van der Waals surface area contributed by atoms with E-state index in [1.807, 2.05) is 19.1 Å². The summed E-state index contributed by atoms with van der Waals surface area (Å²) in [5.74, 6) is -0.0451. The van der Waals surface area contributed by atoms with Crippen molar-refractivity contribution in [2.45, 2.75) is 18.9 Å². The van der Waals surface area contributed by atoms with E-state index in [-0.39, 0.29) is 5.91 Å². The number of hydrogen-bond acceptors (Lipinski definition) is 2. The Kier molecular flexibility index (Phi) is 3.61. The standard InChI is InChI=1S/C12H13Br2NO2/c1-2-12(17)6-15(7-12)11(16)9-5-8(13)3-4-10(9)14/h3-5,17H,2,6-7H2,1H3. The van der Waals surface area contributed by atoms with Gasteiger partial charge in [-0.3, -0.25) is 4.79 Å². The van der Waals surface area contributed by atoms with Gasteiger partial charge in [0.15, 0.2) is 0 Å². The lowest BCUT2D eigenvalue weighted by Crippen LogP contribution is -2.63. The van der Waals surface area contributed by atoms with Crippen molar-refractivity contribution in [1.82, 2.24) is 4.90 Å². The van der Waals surface area contributed by atoms with Gasteiger partial charge in [0.05, 0.1) is 24.3 Å². The fourth-order valence-corrected chi connectivity index (χ4v) is 2.64. The summed E-state index contributed by atoms with van der Waals surface area (Å²) in [4.78, 5) is 13.8. The quantitative estimate of drug-likeness (QED) is 0.878. The second-order valence-electron chi connectivity index (χ2n) is 4.36.